The number of hydrogen-bond donors (Lipinski definition) is 1. The van der Waals surface area contributed by atoms with Gasteiger partial charge in [0, 0.05) is 12.6 Å². The topological polar surface area (TPSA) is 32.3 Å². The molecule has 2 rings (SSSR count). The van der Waals surface area contributed by atoms with Crippen LogP contribution in [0, 0.1) is 5.92 Å². The summed E-state index contributed by atoms with van der Waals surface area (Å²) in [7, 11) is 0. The highest BCUT2D eigenvalue weighted by atomic mass is 19.4. The molecular formula is C18H25F3N2O. The van der Waals surface area contributed by atoms with Crippen LogP contribution in [0.25, 0.3) is 0 Å². The SMILES string of the molecule is CC(C)CC1CCCCCN1C(=O)Nc1ccccc1C(F)(F)F. The number of likely N-dealkylation sites (tertiary alicyclic amines) is 1. The van der Waals surface area contributed by atoms with Gasteiger partial charge in [-0.25, -0.2) is 4.79 Å². The molecule has 0 saturated carbocycles. The molecule has 1 fully saturated rings. The van der Waals surface area contributed by atoms with Gasteiger partial charge in [-0.3, -0.25) is 0 Å². The molecule has 1 heterocycles. The summed E-state index contributed by atoms with van der Waals surface area (Å²) in [5.74, 6) is 0.436. The molecule has 1 saturated heterocycles. The molecule has 1 aliphatic rings. The minimum absolute atomic E-state index is 0.0885. The summed E-state index contributed by atoms with van der Waals surface area (Å²) >= 11 is 0. The van der Waals surface area contributed by atoms with Crippen LogP contribution in [-0.2, 0) is 6.18 Å². The second-order valence-electron chi connectivity index (χ2n) is 6.80. The third-order valence-corrected chi connectivity index (χ3v) is 4.36. The van der Waals surface area contributed by atoms with Crippen LogP contribution in [-0.4, -0.2) is 23.5 Å². The molecule has 0 bridgehead atoms. The molecule has 1 unspecified atom stereocenters. The average molecular weight is 342 g/mol. The van der Waals surface area contributed by atoms with Gasteiger partial charge in [-0.1, -0.05) is 38.8 Å². The summed E-state index contributed by atoms with van der Waals surface area (Å²) in [6.07, 6.45) is 0.293. The lowest BCUT2D eigenvalue weighted by atomic mass is 9.99. The van der Waals surface area contributed by atoms with Crippen molar-refractivity contribution in [1.29, 1.82) is 0 Å². The van der Waals surface area contributed by atoms with E-state index in [9.17, 15) is 18.0 Å². The van der Waals surface area contributed by atoms with E-state index in [1.807, 2.05) is 0 Å². The molecule has 134 valence electrons. The number of benzene rings is 1. The summed E-state index contributed by atoms with van der Waals surface area (Å²) in [6, 6.07) is 4.77. The van der Waals surface area contributed by atoms with Crippen LogP contribution in [0.3, 0.4) is 0 Å². The fraction of sp³-hybridized carbons (Fsp3) is 0.611. The maximum absolute atomic E-state index is 13.1. The van der Waals surface area contributed by atoms with E-state index < -0.39 is 17.8 Å². The van der Waals surface area contributed by atoms with Gasteiger partial charge in [0.25, 0.3) is 0 Å². The minimum atomic E-state index is -4.49. The van der Waals surface area contributed by atoms with Gasteiger partial charge >= 0.3 is 12.2 Å². The number of urea groups is 1. The van der Waals surface area contributed by atoms with E-state index in [1.54, 1.807) is 4.90 Å². The Kier molecular flexibility index (Phi) is 6.13. The Morgan fingerprint density at radius 3 is 2.62 bits per heavy atom. The number of halogens is 3. The van der Waals surface area contributed by atoms with Gasteiger partial charge in [-0.2, -0.15) is 13.2 Å². The van der Waals surface area contributed by atoms with Crippen LogP contribution in [0.2, 0.25) is 0 Å². The quantitative estimate of drug-likeness (QED) is 0.770. The number of carbonyl (C=O) groups excluding carboxylic acids is 1. The highest BCUT2D eigenvalue weighted by molar-refractivity contribution is 5.90. The Balaban J connectivity index is 2.18. The van der Waals surface area contributed by atoms with Crippen molar-refractivity contribution in [3.8, 4) is 0 Å². The zero-order valence-electron chi connectivity index (χ0n) is 14.2. The summed E-state index contributed by atoms with van der Waals surface area (Å²) in [4.78, 5) is 14.4. The lowest BCUT2D eigenvalue weighted by Gasteiger charge is -2.31. The zero-order valence-corrected chi connectivity index (χ0v) is 14.2. The predicted molar refractivity (Wildman–Crippen MR) is 88.9 cm³/mol. The largest absolute Gasteiger partial charge is 0.418 e. The van der Waals surface area contributed by atoms with Crippen molar-refractivity contribution in [2.75, 3.05) is 11.9 Å². The highest BCUT2D eigenvalue weighted by Crippen LogP contribution is 2.35. The Bertz CT molecular complexity index is 557. The van der Waals surface area contributed by atoms with Gasteiger partial charge < -0.3 is 10.2 Å². The molecule has 0 aromatic heterocycles. The molecule has 1 aromatic carbocycles. The summed E-state index contributed by atoms with van der Waals surface area (Å²) in [5, 5.41) is 2.48. The number of hydrogen-bond acceptors (Lipinski definition) is 1. The minimum Gasteiger partial charge on any atom is -0.322 e. The maximum Gasteiger partial charge on any atom is 0.418 e. The normalized spacial score (nSPS) is 19.2. The number of rotatable bonds is 3. The van der Waals surface area contributed by atoms with E-state index in [-0.39, 0.29) is 11.7 Å². The van der Waals surface area contributed by atoms with Crippen LogP contribution in [0.5, 0.6) is 0 Å². The molecule has 3 nitrogen and oxygen atoms in total. The van der Waals surface area contributed by atoms with Crippen LogP contribution in [0.1, 0.15) is 51.5 Å². The molecule has 0 aliphatic carbocycles. The number of amides is 2. The second kappa shape index (κ2) is 7.90. The van der Waals surface area contributed by atoms with Crippen LogP contribution in [0.15, 0.2) is 24.3 Å². The van der Waals surface area contributed by atoms with E-state index in [0.717, 1.165) is 38.2 Å². The number of nitrogens with zero attached hydrogens (tertiary/aromatic N) is 1. The Hall–Kier alpha value is -1.72. The summed E-state index contributed by atoms with van der Waals surface area (Å²) < 4.78 is 39.3. The van der Waals surface area contributed by atoms with Crippen molar-refractivity contribution < 1.29 is 18.0 Å². The summed E-state index contributed by atoms with van der Waals surface area (Å²) in [5.41, 5.74) is -0.990. The molecule has 1 N–H and O–H groups in total. The first kappa shape index (κ1) is 18.6. The van der Waals surface area contributed by atoms with Gasteiger partial charge in [0.2, 0.25) is 0 Å². The standard InChI is InChI=1S/C18H25F3N2O/c1-13(2)12-14-8-4-3-7-11-23(14)17(24)22-16-10-6-5-9-15(16)18(19,20)21/h5-6,9-10,13-14H,3-4,7-8,11-12H2,1-2H3,(H,22,24). The van der Waals surface area contributed by atoms with Gasteiger partial charge in [-0.15, -0.1) is 0 Å². The molecule has 2 amide bonds. The van der Waals surface area contributed by atoms with Crippen molar-refractivity contribution >= 4 is 11.7 Å². The van der Waals surface area contributed by atoms with Gasteiger partial charge in [0.15, 0.2) is 0 Å². The number of anilines is 1. The first-order valence-electron chi connectivity index (χ1n) is 8.53. The second-order valence-corrected chi connectivity index (χ2v) is 6.80. The Morgan fingerprint density at radius 1 is 1.25 bits per heavy atom. The van der Waals surface area contributed by atoms with E-state index in [1.165, 1.54) is 18.2 Å². The van der Waals surface area contributed by atoms with Crippen molar-refractivity contribution in [2.45, 2.75) is 58.2 Å². The van der Waals surface area contributed by atoms with Crippen molar-refractivity contribution in [1.82, 2.24) is 4.90 Å². The van der Waals surface area contributed by atoms with Gasteiger partial charge in [-0.05, 0) is 37.3 Å². The molecule has 6 heteroatoms. The lowest BCUT2D eigenvalue weighted by molar-refractivity contribution is -0.136. The fourth-order valence-electron chi connectivity index (χ4n) is 3.26. The number of carbonyl (C=O) groups is 1. The molecule has 0 radical (unpaired) electrons. The molecule has 0 spiro atoms. The Labute approximate surface area is 141 Å². The molecule has 1 aliphatic heterocycles. The van der Waals surface area contributed by atoms with Gasteiger partial charge in [0.05, 0.1) is 11.3 Å². The van der Waals surface area contributed by atoms with Crippen molar-refractivity contribution in [3.05, 3.63) is 29.8 Å². The van der Waals surface area contributed by atoms with E-state index in [0.29, 0.717) is 12.5 Å². The van der Waals surface area contributed by atoms with Crippen molar-refractivity contribution in [2.24, 2.45) is 5.92 Å². The first-order valence-corrected chi connectivity index (χ1v) is 8.53. The monoisotopic (exact) mass is 342 g/mol. The van der Waals surface area contributed by atoms with E-state index in [2.05, 4.69) is 19.2 Å². The average Bonchev–Trinajstić information content (AvgIpc) is 2.71. The predicted octanol–water partition coefficient (Wildman–Crippen LogP) is 5.53. The van der Waals surface area contributed by atoms with Crippen LogP contribution < -0.4 is 5.32 Å². The van der Waals surface area contributed by atoms with Gasteiger partial charge in [0.1, 0.15) is 0 Å². The van der Waals surface area contributed by atoms with Crippen LogP contribution >= 0.6 is 0 Å². The summed E-state index contributed by atoms with van der Waals surface area (Å²) in [6.45, 7) is 4.79. The molecule has 1 atom stereocenters. The zero-order chi connectivity index (χ0) is 17.7. The van der Waals surface area contributed by atoms with Crippen LogP contribution in [0.4, 0.5) is 23.7 Å². The highest BCUT2D eigenvalue weighted by Gasteiger charge is 2.34. The smallest absolute Gasteiger partial charge is 0.322 e. The first-order chi connectivity index (χ1) is 11.3. The third-order valence-electron chi connectivity index (χ3n) is 4.36. The number of alkyl halides is 3. The lowest BCUT2D eigenvalue weighted by Crippen LogP contribution is -2.43. The Morgan fingerprint density at radius 2 is 1.96 bits per heavy atom. The fourth-order valence-corrected chi connectivity index (χ4v) is 3.26. The van der Waals surface area contributed by atoms with E-state index >= 15 is 0 Å². The number of para-hydroxylation sites is 1. The molecular weight excluding hydrogens is 317 g/mol. The maximum atomic E-state index is 13.1. The molecule has 24 heavy (non-hydrogen) atoms. The molecule has 1 aromatic rings. The number of nitrogens with one attached hydrogen (secondary N) is 1. The van der Waals surface area contributed by atoms with Crippen molar-refractivity contribution in [3.63, 3.8) is 0 Å². The third kappa shape index (κ3) is 4.89. The van der Waals surface area contributed by atoms with E-state index in [4.69, 9.17) is 0 Å².